The second kappa shape index (κ2) is 16.0. The van der Waals surface area contributed by atoms with Gasteiger partial charge in [0.2, 0.25) is 11.8 Å². The zero-order valence-electron chi connectivity index (χ0n) is 28.1. The third-order valence-electron chi connectivity index (χ3n) is 8.74. The van der Waals surface area contributed by atoms with Crippen molar-refractivity contribution in [2.45, 2.75) is 102 Å². The topological polar surface area (TPSA) is 198 Å². The van der Waals surface area contributed by atoms with Crippen molar-refractivity contribution >= 4 is 17.9 Å². The average molecular weight is 657 g/mol. The van der Waals surface area contributed by atoms with E-state index in [1.54, 1.807) is 32.9 Å². The van der Waals surface area contributed by atoms with Crippen LogP contribution >= 0.6 is 0 Å². The van der Waals surface area contributed by atoms with Gasteiger partial charge in [-0.15, -0.1) is 0 Å². The maximum Gasteiger partial charge on any atom is 0.407 e. The van der Waals surface area contributed by atoms with Crippen LogP contribution < -0.4 is 16.8 Å². The molecule has 3 amide bonds. The molecule has 0 bridgehead atoms. The van der Waals surface area contributed by atoms with Crippen LogP contribution in [0.25, 0.3) is 11.1 Å². The summed E-state index contributed by atoms with van der Waals surface area (Å²) in [6, 6.07) is 16.7. The summed E-state index contributed by atoms with van der Waals surface area (Å²) < 4.78 is 11.6. The smallest absolute Gasteiger partial charge is 0.407 e. The number of primary amides is 1. The van der Waals surface area contributed by atoms with Gasteiger partial charge in [-0.3, -0.25) is 14.5 Å². The molecule has 0 aliphatic carbocycles. The molecule has 0 aromatic heterocycles. The summed E-state index contributed by atoms with van der Waals surface area (Å²) in [5.74, 6) is -2.82. The van der Waals surface area contributed by atoms with E-state index in [1.807, 2.05) is 49.4 Å². The lowest BCUT2D eigenvalue weighted by Crippen LogP contribution is -2.74. The normalized spacial score (nSPS) is 23.0. The average Bonchev–Trinajstić information content (AvgIpc) is 3.24. The van der Waals surface area contributed by atoms with E-state index < -0.39 is 65.6 Å². The Labute approximate surface area is 277 Å². The van der Waals surface area contributed by atoms with Gasteiger partial charge in [-0.05, 0) is 50.8 Å². The molecular weight excluding hydrogens is 604 g/mol. The quantitative estimate of drug-likeness (QED) is 0.156. The fraction of sp³-hybridized carbons (Fsp3) is 0.571. The number of aliphatic hydroxyl groups excluding tert-OH is 3. The van der Waals surface area contributed by atoms with E-state index in [-0.39, 0.29) is 25.9 Å². The number of unbranched alkanes of at least 4 members (excludes halogenated alkanes) is 2. The van der Waals surface area contributed by atoms with E-state index in [2.05, 4.69) is 5.32 Å². The number of nitrogens with one attached hydrogen (secondary N) is 1. The molecule has 2 aromatic rings. The molecule has 12 nitrogen and oxygen atoms in total. The highest BCUT2D eigenvalue weighted by molar-refractivity contribution is 5.92. The number of alkyl carbamates (subject to hydrolysis) is 1. The first-order valence-corrected chi connectivity index (χ1v) is 16.2. The van der Waals surface area contributed by atoms with Crippen LogP contribution in [-0.4, -0.2) is 93.0 Å². The molecule has 0 spiro atoms. The van der Waals surface area contributed by atoms with Crippen LogP contribution in [0.5, 0.6) is 0 Å². The first-order chi connectivity index (χ1) is 22.2. The van der Waals surface area contributed by atoms with Crippen molar-refractivity contribution in [2.75, 3.05) is 19.7 Å². The zero-order valence-corrected chi connectivity index (χ0v) is 28.1. The van der Waals surface area contributed by atoms with E-state index in [4.69, 9.17) is 20.9 Å². The number of carbonyl (C=O) groups is 3. The molecule has 3 rings (SSSR count). The van der Waals surface area contributed by atoms with E-state index in [0.717, 1.165) is 22.4 Å². The largest absolute Gasteiger partial charge is 0.444 e. The van der Waals surface area contributed by atoms with Crippen molar-refractivity contribution in [2.24, 2.45) is 17.4 Å². The fourth-order valence-electron chi connectivity index (χ4n) is 6.42. The van der Waals surface area contributed by atoms with Crippen molar-refractivity contribution in [3.05, 3.63) is 60.2 Å². The predicted molar refractivity (Wildman–Crippen MR) is 178 cm³/mol. The number of benzene rings is 2. The molecule has 12 heteroatoms. The van der Waals surface area contributed by atoms with Gasteiger partial charge in [-0.25, -0.2) is 4.79 Å². The molecule has 1 heterocycles. The number of ether oxygens (including phenoxy) is 2. The van der Waals surface area contributed by atoms with Crippen molar-refractivity contribution in [3.63, 3.8) is 0 Å². The molecule has 6 atom stereocenters. The molecule has 8 N–H and O–H groups in total. The van der Waals surface area contributed by atoms with Gasteiger partial charge < -0.3 is 41.6 Å². The van der Waals surface area contributed by atoms with Crippen molar-refractivity contribution in [1.82, 2.24) is 10.2 Å². The molecule has 1 fully saturated rings. The second-order valence-corrected chi connectivity index (χ2v) is 13.3. The lowest BCUT2D eigenvalue weighted by Gasteiger charge is -2.53. The van der Waals surface area contributed by atoms with E-state index >= 15 is 0 Å². The lowest BCUT2D eigenvalue weighted by molar-refractivity contribution is -0.218. The van der Waals surface area contributed by atoms with Crippen LogP contribution in [0.4, 0.5) is 4.79 Å². The number of amides is 3. The molecule has 0 saturated carbocycles. The molecule has 47 heavy (non-hydrogen) atoms. The summed E-state index contributed by atoms with van der Waals surface area (Å²) >= 11 is 0. The van der Waals surface area contributed by atoms with E-state index in [0.29, 0.717) is 18.4 Å². The van der Waals surface area contributed by atoms with Crippen LogP contribution in [0.1, 0.15) is 65.9 Å². The third-order valence-corrected chi connectivity index (χ3v) is 8.74. The van der Waals surface area contributed by atoms with Gasteiger partial charge in [0, 0.05) is 31.8 Å². The molecule has 260 valence electrons. The van der Waals surface area contributed by atoms with Gasteiger partial charge in [-0.2, -0.15) is 0 Å². The Morgan fingerprint density at radius 2 is 1.70 bits per heavy atom. The lowest BCUT2D eigenvalue weighted by atomic mass is 9.73. The Bertz CT molecular complexity index is 1350. The number of nitrogens with zero attached hydrogens (tertiary/aromatic N) is 1. The molecule has 2 aromatic carbocycles. The standard InChI is InChI=1S/C35H52N4O8/c1-6-7-9-18-28(41)39(34(5)30(43)29(42)27(20-36)46-34)35(31(37)44,25(22-40)21-38-32(45)47-33(2,3)4)19-24-16-12-13-17-26(24)23-14-10-8-11-15-23/h8,10-17,25,27,29-30,40,42-43H,6-7,9,18-22,36H2,1-5H3,(H2,37,44)(H,38,45)/t25?,27-,29+,30+,34+,35+/m0/s1. The van der Waals surface area contributed by atoms with Gasteiger partial charge in [-0.1, -0.05) is 74.4 Å². The second-order valence-electron chi connectivity index (χ2n) is 13.3. The first kappa shape index (κ1) is 37.9. The maximum atomic E-state index is 14.5. The Morgan fingerprint density at radius 3 is 2.26 bits per heavy atom. The minimum absolute atomic E-state index is 0.0457. The van der Waals surface area contributed by atoms with Gasteiger partial charge in [0.25, 0.3) is 0 Å². The van der Waals surface area contributed by atoms with Crippen molar-refractivity contribution < 1.29 is 39.2 Å². The Kier molecular flexibility index (Phi) is 12.9. The van der Waals surface area contributed by atoms with E-state index in [9.17, 15) is 29.7 Å². The third kappa shape index (κ3) is 8.49. The van der Waals surface area contributed by atoms with Gasteiger partial charge in [0.1, 0.15) is 29.5 Å². The first-order valence-electron chi connectivity index (χ1n) is 16.2. The zero-order chi connectivity index (χ0) is 35.0. The molecule has 1 unspecified atom stereocenters. The van der Waals surface area contributed by atoms with Crippen molar-refractivity contribution in [1.29, 1.82) is 0 Å². The van der Waals surface area contributed by atoms with Crippen LogP contribution in [0.3, 0.4) is 0 Å². The van der Waals surface area contributed by atoms with Gasteiger partial charge in [0.05, 0.1) is 6.61 Å². The van der Waals surface area contributed by atoms with E-state index in [1.165, 1.54) is 6.92 Å². The molecule has 1 aliphatic rings. The number of aliphatic hydroxyl groups is 3. The number of nitrogens with two attached hydrogens (primary N) is 2. The monoisotopic (exact) mass is 656 g/mol. The fourth-order valence-corrected chi connectivity index (χ4v) is 6.42. The highest BCUT2D eigenvalue weighted by Gasteiger charge is 2.64. The number of hydrogen-bond donors (Lipinski definition) is 6. The number of carbonyl (C=O) groups excluding carboxylic acids is 3. The summed E-state index contributed by atoms with van der Waals surface area (Å²) in [5, 5.41) is 36.1. The Balaban J connectivity index is 2.32. The minimum atomic E-state index is -2.11. The summed E-state index contributed by atoms with van der Waals surface area (Å²) in [4.78, 5) is 42.7. The Hall–Kier alpha value is -3.55. The highest BCUT2D eigenvalue weighted by Crippen LogP contribution is 2.44. The van der Waals surface area contributed by atoms with Crippen molar-refractivity contribution in [3.8, 4) is 11.1 Å². The summed E-state index contributed by atoms with van der Waals surface area (Å²) in [6.45, 7) is 7.24. The van der Waals surface area contributed by atoms with Crippen LogP contribution in [0.15, 0.2) is 54.6 Å². The molecule has 1 saturated heterocycles. The number of rotatable bonds is 15. The predicted octanol–water partition coefficient (Wildman–Crippen LogP) is 2.46. The minimum Gasteiger partial charge on any atom is -0.444 e. The summed E-state index contributed by atoms with van der Waals surface area (Å²) in [5.41, 5.74) is 9.45. The molecule has 0 radical (unpaired) electrons. The Morgan fingerprint density at radius 1 is 1.06 bits per heavy atom. The number of hydrogen-bond acceptors (Lipinski definition) is 9. The van der Waals surface area contributed by atoms with Gasteiger partial charge in [0.15, 0.2) is 5.72 Å². The van der Waals surface area contributed by atoms with Crippen LogP contribution in [0, 0.1) is 5.92 Å². The van der Waals surface area contributed by atoms with Crippen LogP contribution in [-0.2, 0) is 25.5 Å². The molecular formula is C35H52N4O8. The summed E-state index contributed by atoms with van der Waals surface area (Å²) in [6.07, 6.45) is -3.38. The SMILES string of the molecule is CCCCCC(=O)N([C@@](Cc1ccccc1-c1ccccc1)(C(N)=O)C(CO)CNC(=O)OC(C)(C)C)[C@]1(C)O[C@@H](CN)[C@@H](O)[C@H]1O. The summed E-state index contributed by atoms with van der Waals surface area (Å²) in [7, 11) is 0. The van der Waals surface area contributed by atoms with Crippen LogP contribution in [0.2, 0.25) is 0 Å². The maximum absolute atomic E-state index is 14.5. The van der Waals surface area contributed by atoms with Gasteiger partial charge >= 0.3 is 6.09 Å². The molecule has 1 aliphatic heterocycles. The highest BCUT2D eigenvalue weighted by atomic mass is 16.6.